The lowest BCUT2D eigenvalue weighted by molar-refractivity contribution is 0.102. The van der Waals surface area contributed by atoms with Crippen LogP contribution in [-0.2, 0) is 6.42 Å². The summed E-state index contributed by atoms with van der Waals surface area (Å²) in [6, 6.07) is 13.3. The Hall–Kier alpha value is -3.08. The Morgan fingerprint density at radius 2 is 1.87 bits per heavy atom. The van der Waals surface area contributed by atoms with Crippen molar-refractivity contribution in [3.8, 4) is 0 Å². The third-order valence-corrected chi connectivity index (χ3v) is 3.31. The van der Waals surface area contributed by atoms with Crippen molar-refractivity contribution in [3.05, 3.63) is 89.6 Å². The highest BCUT2D eigenvalue weighted by molar-refractivity contribution is 6.03. The molecule has 3 rings (SSSR count). The zero-order chi connectivity index (χ0) is 16.1. The molecule has 0 aliphatic rings. The van der Waals surface area contributed by atoms with E-state index in [1.165, 1.54) is 12.1 Å². The summed E-state index contributed by atoms with van der Waals surface area (Å²) in [5.74, 6) is -0.0238. The van der Waals surface area contributed by atoms with Gasteiger partial charge in [-0.1, -0.05) is 18.2 Å². The number of hydrogen-bond acceptors (Lipinski definition) is 3. The van der Waals surface area contributed by atoms with E-state index < -0.39 is 0 Å². The van der Waals surface area contributed by atoms with Gasteiger partial charge in [0.05, 0.1) is 0 Å². The molecule has 2 heterocycles. The zero-order valence-electron chi connectivity index (χ0n) is 12.2. The molecule has 0 radical (unpaired) electrons. The van der Waals surface area contributed by atoms with E-state index in [-0.39, 0.29) is 11.7 Å². The number of nitrogens with zero attached hydrogens (tertiary/aromatic N) is 2. The summed E-state index contributed by atoms with van der Waals surface area (Å²) >= 11 is 0. The molecule has 5 heteroatoms. The summed E-state index contributed by atoms with van der Waals surface area (Å²) < 4.78 is 13.2. The second kappa shape index (κ2) is 6.79. The highest BCUT2D eigenvalue weighted by Crippen LogP contribution is 2.13. The monoisotopic (exact) mass is 307 g/mol. The molecule has 0 unspecified atom stereocenters. The summed E-state index contributed by atoms with van der Waals surface area (Å²) in [4.78, 5) is 20.1. The van der Waals surface area contributed by atoms with Crippen LogP contribution >= 0.6 is 0 Å². The minimum Gasteiger partial charge on any atom is -0.307 e. The average Bonchev–Trinajstić information content (AvgIpc) is 2.57. The topological polar surface area (TPSA) is 54.9 Å². The number of carbonyl (C=O) groups is 1. The molecule has 0 aliphatic heterocycles. The quantitative estimate of drug-likeness (QED) is 0.803. The standard InChI is InChI=1S/C18H14FN3O/c19-16-3-1-2-13(11-16)10-14-4-5-17(21-12-14)22-18(23)15-6-8-20-9-7-15/h1-9,11-12H,10H2,(H,21,22,23). The Morgan fingerprint density at radius 3 is 2.57 bits per heavy atom. The summed E-state index contributed by atoms with van der Waals surface area (Å²) in [5.41, 5.74) is 2.34. The van der Waals surface area contributed by atoms with Gasteiger partial charge in [0.1, 0.15) is 11.6 Å². The van der Waals surface area contributed by atoms with Crippen molar-refractivity contribution < 1.29 is 9.18 Å². The van der Waals surface area contributed by atoms with E-state index in [0.717, 1.165) is 11.1 Å². The molecule has 3 aromatic rings. The van der Waals surface area contributed by atoms with Crippen molar-refractivity contribution in [1.29, 1.82) is 0 Å². The van der Waals surface area contributed by atoms with Crippen LogP contribution in [0.15, 0.2) is 67.1 Å². The molecule has 0 fully saturated rings. The molecule has 1 amide bonds. The van der Waals surface area contributed by atoms with Gasteiger partial charge in [-0.15, -0.1) is 0 Å². The fourth-order valence-corrected chi connectivity index (χ4v) is 2.18. The van der Waals surface area contributed by atoms with Crippen LogP contribution in [0.2, 0.25) is 0 Å². The van der Waals surface area contributed by atoms with Crippen molar-refractivity contribution in [2.45, 2.75) is 6.42 Å². The van der Waals surface area contributed by atoms with Crippen LogP contribution in [0.3, 0.4) is 0 Å². The molecule has 0 saturated heterocycles. The maximum absolute atomic E-state index is 13.2. The molecule has 114 valence electrons. The summed E-state index contributed by atoms with van der Waals surface area (Å²) in [6.45, 7) is 0. The van der Waals surface area contributed by atoms with Crippen molar-refractivity contribution in [3.63, 3.8) is 0 Å². The van der Waals surface area contributed by atoms with Crippen molar-refractivity contribution in [1.82, 2.24) is 9.97 Å². The van der Waals surface area contributed by atoms with Gasteiger partial charge >= 0.3 is 0 Å². The van der Waals surface area contributed by atoms with E-state index in [2.05, 4.69) is 15.3 Å². The molecule has 0 aliphatic carbocycles. The van der Waals surface area contributed by atoms with Crippen LogP contribution in [0, 0.1) is 5.82 Å². The van der Waals surface area contributed by atoms with E-state index in [1.807, 2.05) is 12.1 Å². The van der Waals surface area contributed by atoms with Gasteiger partial charge in [-0.05, 0) is 47.9 Å². The average molecular weight is 307 g/mol. The van der Waals surface area contributed by atoms with Crippen molar-refractivity contribution >= 4 is 11.7 Å². The molecule has 0 atom stereocenters. The lowest BCUT2D eigenvalue weighted by atomic mass is 10.1. The molecule has 0 saturated carbocycles. The Morgan fingerprint density at radius 1 is 1.04 bits per heavy atom. The first-order valence-corrected chi connectivity index (χ1v) is 7.11. The van der Waals surface area contributed by atoms with Crippen LogP contribution in [0.5, 0.6) is 0 Å². The van der Waals surface area contributed by atoms with E-state index in [9.17, 15) is 9.18 Å². The number of rotatable bonds is 4. The molecule has 0 bridgehead atoms. The van der Waals surface area contributed by atoms with Gasteiger partial charge < -0.3 is 5.32 Å². The first-order valence-electron chi connectivity index (χ1n) is 7.11. The lowest BCUT2D eigenvalue weighted by Crippen LogP contribution is -2.12. The number of carbonyl (C=O) groups excluding carboxylic acids is 1. The summed E-state index contributed by atoms with van der Waals surface area (Å²) in [6.07, 6.45) is 5.38. The number of benzene rings is 1. The summed E-state index contributed by atoms with van der Waals surface area (Å²) in [5, 5.41) is 2.72. The van der Waals surface area contributed by atoms with Crippen LogP contribution in [-0.4, -0.2) is 15.9 Å². The Balaban J connectivity index is 1.66. The SMILES string of the molecule is O=C(Nc1ccc(Cc2cccc(F)c2)cn1)c1ccncc1. The van der Waals surface area contributed by atoms with Crippen LogP contribution in [0.1, 0.15) is 21.5 Å². The Labute approximate surface area is 133 Å². The second-order valence-corrected chi connectivity index (χ2v) is 5.05. The third-order valence-electron chi connectivity index (χ3n) is 3.31. The van der Waals surface area contributed by atoms with Gasteiger partial charge in [-0.2, -0.15) is 0 Å². The molecular weight excluding hydrogens is 293 g/mol. The smallest absolute Gasteiger partial charge is 0.256 e. The number of aromatic nitrogens is 2. The largest absolute Gasteiger partial charge is 0.307 e. The number of pyridine rings is 2. The molecule has 4 nitrogen and oxygen atoms in total. The van der Waals surface area contributed by atoms with E-state index in [1.54, 1.807) is 42.9 Å². The molecule has 23 heavy (non-hydrogen) atoms. The maximum Gasteiger partial charge on any atom is 0.256 e. The van der Waals surface area contributed by atoms with Crippen LogP contribution in [0.4, 0.5) is 10.2 Å². The Kier molecular flexibility index (Phi) is 4.38. The minimum absolute atomic E-state index is 0.238. The first kappa shape index (κ1) is 14.8. The number of halogens is 1. The molecule has 2 aromatic heterocycles. The molecular formula is C18H14FN3O. The Bertz CT molecular complexity index is 804. The highest BCUT2D eigenvalue weighted by Gasteiger charge is 2.06. The molecule has 0 spiro atoms. The van der Waals surface area contributed by atoms with Crippen molar-refractivity contribution in [2.75, 3.05) is 5.32 Å². The molecule has 1 N–H and O–H groups in total. The predicted octanol–water partition coefficient (Wildman–Crippen LogP) is 3.46. The molecule has 1 aromatic carbocycles. The van der Waals surface area contributed by atoms with Crippen LogP contribution < -0.4 is 5.32 Å². The van der Waals surface area contributed by atoms with Gasteiger partial charge in [0.25, 0.3) is 5.91 Å². The third kappa shape index (κ3) is 3.97. The van der Waals surface area contributed by atoms with Gasteiger partial charge in [0, 0.05) is 24.2 Å². The first-order chi connectivity index (χ1) is 11.2. The van der Waals surface area contributed by atoms with E-state index >= 15 is 0 Å². The van der Waals surface area contributed by atoms with Gasteiger partial charge in [-0.3, -0.25) is 9.78 Å². The number of anilines is 1. The highest BCUT2D eigenvalue weighted by atomic mass is 19.1. The van der Waals surface area contributed by atoms with Gasteiger partial charge in [-0.25, -0.2) is 9.37 Å². The number of hydrogen-bond donors (Lipinski definition) is 1. The van der Waals surface area contributed by atoms with Gasteiger partial charge in [0.15, 0.2) is 0 Å². The fourth-order valence-electron chi connectivity index (χ4n) is 2.18. The minimum atomic E-state index is -0.253. The number of amides is 1. The second-order valence-electron chi connectivity index (χ2n) is 5.05. The van der Waals surface area contributed by atoms with Crippen molar-refractivity contribution in [2.24, 2.45) is 0 Å². The van der Waals surface area contributed by atoms with E-state index in [0.29, 0.717) is 17.8 Å². The predicted molar refractivity (Wildman–Crippen MR) is 85.6 cm³/mol. The summed E-state index contributed by atoms with van der Waals surface area (Å²) in [7, 11) is 0. The van der Waals surface area contributed by atoms with E-state index in [4.69, 9.17) is 0 Å². The zero-order valence-corrected chi connectivity index (χ0v) is 12.2. The van der Waals surface area contributed by atoms with Crippen LogP contribution in [0.25, 0.3) is 0 Å². The number of nitrogens with one attached hydrogen (secondary N) is 1. The maximum atomic E-state index is 13.2. The lowest BCUT2D eigenvalue weighted by Gasteiger charge is -2.06. The normalized spacial score (nSPS) is 10.3. The van der Waals surface area contributed by atoms with Gasteiger partial charge in [0.2, 0.25) is 0 Å². The fraction of sp³-hybridized carbons (Fsp3) is 0.0556.